The van der Waals surface area contributed by atoms with Gasteiger partial charge in [0, 0.05) is 32.2 Å². The highest BCUT2D eigenvalue weighted by Crippen LogP contribution is 2.43. The molecule has 0 amide bonds. The number of nitrogens with one attached hydrogen (secondary N) is 2. The largest absolute Gasteiger partial charge is 0.357 e. The fourth-order valence-corrected chi connectivity index (χ4v) is 3.86. The summed E-state index contributed by atoms with van der Waals surface area (Å²) >= 11 is 0. The Morgan fingerprint density at radius 2 is 2.00 bits per heavy atom. The van der Waals surface area contributed by atoms with Gasteiger partial charge in [0.05, 0.1) is 0 Å². The van der Waals surface area contributed by atoms with Crippen molar-refractivity contribution < 1.29 is 0 Å². The molecule has 4 nitrogen and oxygen atoms in total. The monoisotopic (exact) mass is 322 g/mol. The summed E-state index contributed by atoms with van der Waals surface area (Å²) in [6, 6.07) is 0.669. The van der Waals surface area contributed by atoms with E-state index in [9.17, 15) is 0 Å². The van der Waals surface area contributed by atoms with Crippen molar-refractivity contribution in [2.24, 2.45) is 16.3 Å². The number of rotatable bonds is 7. The molecule has 1 atom stereocenters. The minimum absolute atomic E-state index is 0.502. The van der Waals surface area contributed by atoms with Crippen molar-refractivity contribution in [3.63, 3.8) is 0 Å². The summed E-state index contributed by atoms with van der Waals surface area (Å²) in [7, 11) is 0. The Morgan fingerprint density at radius 3 is 2.57 bits per heavy atom. The Morgan fingerprint density at radius 1 is 1.22 bits per heavy atom. The first-order valence-electron chi connectivity index (χ1n) is 9.85. The SMILES string of the molecule is CCNC(=NCC1(CC)CCC1)NCC1CCCN(C(C)C)C1. The first-order valence-corrected chi connectivity index (χ1v) is 9.85. The molecule has 0 aromatic heterocycles. The number of hydrogen-bond donors (Lipinski definition) is 2. The van der Waals surface area contributed by atoms with Crippen molar-refractivity contribution in [1.29, 1.82) is 0 Å². The second-order valence-corrected chi connectivity index (χ2v) is 7.88. The zero-order valence-electron chi connectivity index (χ0n) is 15.8. The number of aliphatic imine (C=N–C) groups is 1. The van der Waals surface area contributed by atoms with Gasteiger partial charge in [-0.05, 0) is 70.8 Å². The van der Waals surface area contributed by atoms with Crippen molar-refractivity contribution in [3.05, 3.63) is 0 Å². The summed E-state index contributed by atoms with van der Waals surface area (Å²) in [6.07, 6.45) is 8.05. The Balaban J connectivity index is 1.81. The molecule has 0 aromatic carbocycles. The molecule has 2 fully saturated rings. The fraction of sp³-hybridized carbons (Fsp3) is 0.947. The summed E-state index contributed by atoms with van der Waals surface area (Å²) in [5, 5.41) is 7.03. The van der Waals surface area contributed by atoms with Gasteiger partial charge in [0.15, 0.2) is 5.96 Å². The van der Waals surface area contributed by atoms with Gasteiger partial charge in [-0.2, -0.15) is 0 Å². The van der Waals surface area contributed by atoms with E-state index in [1.54, 1.807) is 0 Å². The maximum atomic E-state index is 4.90. The quantitative estimate of drug-likeness (QED) is 0.558. The van der Waals surface area contributed by atoms with Crippen molar-refractivity contribution in [3.8, 4) is 0 Å². The highest BCUT2D eigenvalue weighted by molar-refractivity contribution is 5.79. The zero-order valence-corrected chi connectivity index (χ0v) is 15.8. The predicted molar refractivity (Wildman–Crippen MR) is 100.0 cm³/mol. The highest BCUT2D eigenvalue weighted by Gasteiger charge is 2.34. The van der Waals surface area contributed by atoms with Crippen LogP contribution in [-0.2, 0) is 0 Å². The predicted octanol–water partition coefficient (Wildman–Crippen LogP) is 3.24. The van der Waals surface area contributed by atoms with Gasteiger partial charge < -0.3 is 15.5 Å². The molecule has 1 heterocycles. The normalized spacial score (nSPS) is 25.3. The lowest BCUT2D eigenvalue weighted by molar-refractivity contribution is 0.138. The Bertz CT molecular complexity index is 368. The van der Waals surface area contributed by atoms with Crippen molar-refractivity contribution in [2.75, 3.05) is 32.7 Å². The third kappa shape index (κ3) is 5.37. The smallest absolute Gasteiger partial charge is 0.191 e. The van der Waals surface area contributed by atoms with Crippen LogP contribution in [-0.4, -0.2) is 49.6 Å². The van der Waals surface area contributed by atoms with E-state index in [1.807, 2.05) is 0 Å². The van der Waals surface area contributed by atoms with E-state index in [0.29, 0.717) is 11.5 Å². The average molecular weight is 323 g/mol. The van der Waals surface area contributed by atoms with Crippen LogP contribution in [0, 0.1) is 11.3 Å². The molecule has 1 unspecified atom stereocenters. The van der Waals surface area contributed by atoms with Gasteiger partial charge in [0.1, 0.15) is 0 Å². The number of guanidine groups is 1. The van der Waals surface area contributed by atoms with E-state index in [4.69, 9.17) is 4.99 Å². The Hall–Kier alpha value is -0.770. The molecule has 2 rings (SSSR count). The van der Waals surface area contributed by atoms with Crippen LogP contribution >= 0.6 is 0 Å². The van der Waals surface area contributed by atoms with Gasteiger partial charge in [-0.1, -0.05) is 13.3 Å². The topological polar surface area (TPSA) is 39.7 Å². The number of likely N-dealkylation sites (tertiary alicyclic amines) is 1. The van der Waals surface area contributed by atoms with E-state index < -0.39 is 0 Å². The summed E-state index contributed by atoms with van der Waals surface area (Å²) in [5.41, 5.74) is 0.502. The van der Waals surface area contributed by atoms with Crippen LogP contribution in [0.2, 0.25) is 0 Å². The first kappa shape index (κ1) is 18.6. The van der Waals surface area contributed by atoms with Crippen LogP contribution in [0.5, 0.6) is 0 Å². The van der Waals surface area contributed by atoms with Crippen LogP contribution in [0.25, 0.3) is 0 Å². The van der Waals surface area contributed by atoms with Crippen molar-refractivity contribution in [1.82, 2.24) is 15.5 Å². The van der Waals surface area contributed by atoms with Crippen LogP contribution in [0.15, 0.2) is 4.99 Å². The maximum absolute atomic E-state index is 4.90. The molecule has 0 spiro atoms. The van der Waals surface area contributed by atoms with Gasteiger partial charge in [-0.15, -0.1) is 0 Å². The average Bonchev–Trinajstić information content (AvgIpc) is 2.52. The molecule has 134 valence electrons. The molecule has 23 heavy (non-hydrogen) atoms. The second kappa shape index (κ2) is 8.91. The minimum atomic E-state index is 0.502. The Labute approximate surface area is 143 Å². The molecule has 1 aliphatic carbocycles. The lowest BCUT2D eigenvalue weighted by Gasteiger charge is -2.40. The van der Waals surface area contributed by atoms with E-state index in [0.717, 1.165) is 31.5 Å². The molecule has 2 N–H and O–H groups in total. The second-order valence-electron chi connectivity index (χ2n) is 7.88. The summed E-state index contributed by atoms with van der Waals surface area (Å²) in [6.45, 7) is 14.6. The minimum Gasteiger partial charge on any atom is -0.357 e. The number of piperidine rings is 1. The van der Waals surface area contributed by atoms with E-state index in [1.165, 1.54) is 51.6 Å². The van der Waals surface area contributed by atoms with Crippen LogP contribution < -0.4 is 10.6 Å². The summed E-state index contributed by atoms with van der Waals surface area (Å²) in [5.74, 6) is 1.77. The molecule has 1 saturated carbocycles. The van der Waals surface area contributed by atoms with Gasteiger partial charge in [0.2, 0.25) is 0 Å². The standard InChI is InChI=1S/C19H38N4/c1-5-19(10-8-11-19)15-22-18(20-6-2)21-13-17-9-7-12-23(14-17)16(3)4/h16-17H,5-15H2,1-4H3,(H2,20,21,22). The number of nitrogens with zero attached hydrogens (tertiary/aromatic N) is 2. The van der Waals surface area contributed by atoms with Crippen LogP contribution in [0.4, 0.5) is 0 Å². The molecule has 0 bridgehead atoms. The molecule has 4 heteroatoms. The molecule has 1 aliphatic heterocycles. The van der Waals surface area contributed by atoms with Gasteiger partial charge in [-0.25, -0.2) is 0 Å². The lowest BCUT2D eigenvalue weighted by Crippen LogP contribution is -2.46. The number of hydrogen-bond acceptors (Lipinski definition) is 2. The van der Waals surface area contributed by atoms with Crippen LogP contribution in [0.1, 0.15) is 66.2 Å². The molecule has 1 saturated heterocycles. The molecule has 0 aromatic rings. The summed E-state index contributed by atoms with van der Waals surface area (Å²) < 4.78 is 0. The Kier molecular flexibility index (Phi) is 7.19. The van der Waals surface area contributed by atoms with Gasteiger partial charge >= 0.3 is 0 Å². The van der Waals surface area contributed by atoms with E-state index in [2.05, 4.69) is 43.2 Å². The van der Waals surface area contributed by atoms with Crippen molar-refractivity contribution in [2.45, 2.75) is 72.3 Å². The van der Waals surface area contributed by atoms with E-state index >= 15 is 0 Å². The lowest BCUT2D eigenvalue weighted by atomic mass is 9.67. The van der Waals surface area contributed by atoms with Crippen molar-refractivity contribution >= 4 is 5.96 Å². The third-order valence-electron chi connectivity index (χ3n) is 5.92. The van der Waals surface area contributed by atoms with Crippen LogP contribution in [0.3, 0.4) is 0 Å². The molecule has 0 radical (unpaired) electrons. The molecule has 2 aliphatic rings. The van der Waals surface area contributed by atoms with Gasteiger partial charge in [0.25, 0.3) is 0 Å². The maximum Gasteiger partial charge on any atom is 0.191 e. The highest BCUT2D eigenvalue weighted by atomic mass is 15.2. The summed E-state index contributed by atoms with van der Waals surface area (Å²) in [4.78, 5) is 7.51. The third-order valence-corrected chi connectivity index (χ3v) is 5.92. The molecular weight excluding hydrogens is 284 g/mol. The zero-order chi connectivity index (χ0) is 16.7. The fourth-order valence-electron chi connectivity index (χ4n) is 3.86. The van der Waals surface area contributed by atoms with E-state index in [-0.39, 0.29) is 0 Å². The molecular formula is C19H38N4. The van der Waals surface area contributed by atoms with Gasteiger partial charge in [-0.3, -0.25) is 4.99 Å². The first-order chi connectivity index (χ1) is 11.1.